The summed E-state index contributed by atoms with van der Waals surface area (Å²) in [7, 11) is 1.85. The van der Waals surface area contributed by atoms with Gasteiger partial charge in [0.2, 0.25) is 0 Å². The van der Waals surface area contributed by atoms with Gasteiger partial charge in [0.1, 0.15) is 11.5 Å². The number of aryl methyl sites for hydroxylation is 2. The molecular formula is C15H20FN3. The van der Waals surface area contributed by atoms with Gasteiger partial charge in [-0.3, -0.25) is 0 Å². The van der Waals surface area contributed by atoms with Crippen molar-refractivity contribution in [2.45, 2.75) is 33.2 Å². The molecule has 2 aromatic rings. The molecular weight excluding hydrogens is 241 g/mol. The van der Waals surface area contributed by atoms with Gasteiger partial charge in [0.05, 0.1) is 5.69 Å². The van der Waals surface area contributed by atoms with Crippen molar-refractivity contribution in [3.63, 3.8) is 0 Å². The predicted molar refractivity (Wildman–Crippen MR) is 75.0 cm³/mol. The van der Waals surface area contributed by atoms with Crippen molar-refractivity contribution >= 4 is 0 Å². The molecule has 0 saturated carbocycles. The van der Waals surface area contributed by atoms with Crippen LogP contribution in [0.25, 0.3) is 5.69 Å². The SMILES string of the molecule is CCc1cc(CC)n(-c2ccc(CNC)cc2F)n1. The standard InChI is InChI=1S/C15H20FN3/c1-4-12-9-13(5-2)19(18-12)15-7-6-11(10-17-3)8-14(15)16/h6-9,17H,4-5,10H2,1-3H3. The first-order valence-electron chi connectivity index (χ1n) is 6.70. The van der Waals surface area contributed by atoms with E-state index in [1.165, 1.54) is 0 Å². The van der Waals surface area contributed by atoms with Gasteiger partial charge in [-0.25, -0.2) is 9.07 Å². The largest absolute Gasteiger partial charge is 0.316 e. The number of hydrogen-bond acceptors (Lipinski definition) is 2. The highest BCUT2D eigenvalue weighted by Gasteiger charge is 2.11. The van der Waals surface area contributed by atoms with Crippen LogP contribution >= 0.6 is 0 Å². The van der Waals surface area contributed by atoms with E-state index in [1.54, 1.807) is 16.8 Å². The molecule has 0 unspecified atom stereocenters. The Morgan fingerprint density at radius 3 is 2.58 bits per heavy atom. The number of benzene rings is 1. The van der Waals surface area contributed by atoms with Gasteiger partial charge < -0.3 is 5.32 Å². The van der Waals surface area contributed by atoms with E-state index >= 15 is 0 Å². The smallest absolute Gasteiger partial charge is 0.149 e. The molecule has 2 rings (SSSR count). The van der Waals surface area contributed by atoms with Crippen LogP contribution < -0.4 is 5.32 Å². The molecule has 0 bridgehead atoms. The molecule has 19 heavy (non-hydrogen) atoms. The lowest BCUT2D eigenvalue weighted by molar-refractivity contribution is 0.602. The maximum absolute atomic E-state index is 14.2. The zero-order valence-electron chi connectivity index (χ0n) is 11.7. The molecule has 102 valence electrons. The summed E-state index contributed by atoms with van der Waals surface area (Å²) < 4.78 is 15.9. The molecule has 0 aliphatic heterocycles. The first-order valence-corrected chi connectivity index (χ1v) is 6.70. The van der Waals surface area contributed by atoms with Crippen LogP contribution in [0.4, 0.5) is 4.39 Å². The highest BCUT2D eigenvalue weighted by Crippen LogP contribution is 2.18. The summed E-state index contributed by atoms with van der Waals surface area (Å²) in [6, 6.07) is 7.34. The molecule has 1 aromatic heterocycles. The Morgan fingerprint density at radius 2 is 2.00 bits per heavy atom. The highest BCUT2D eigenvalue weighted by molar-refractivity contribution is 5.38. The van der Waals surface area contributed by atoms with Gasteiger partial charge in [-0.2, -0.15) is 5.10 Å². The molecule has 0 spiro atoms. The van der Waals surface area contributed by atoms with Crippen LogP contribution in [0.2, 0.25) is 0 Å². The lowest BCUT2D eigenvalue weighted by atomic mass is 10.2. The number of nitrogens with one attached hydrogen (secondary N) is 1. The van der Waals surface area contributed by atoms with Crippen LogP contribution in [-0.2, 0) is 19.4 Å². The maximum atomic E-state index is 14.2. The topological polar surface area (TPSA) is 29.9 Å². The molecule has 0 aliphatic carbocycles. The molecule has 0 amide bonds. The third kappa shape index (κ3) is 2.84. The van der Waals surface area contributed by atoms with Crippen molar-refractivity contribution in [2.75, 3.05) is 7.05 Å². The second-order valence-electron chi connectivity index (χ2n) is 4.56. The summed E-state index contributed by atoms with van der Waals surface area (Å²) in [5.41, 5.74) is 3.49. The second-order valence-corrected chi connectivity index (χ2v) is 4.56. The third-order valence-corrected chi connectivity index (χ3v) is 3.18. The van der Waals surface area contributed by atoms with E-state index in [4.69, 9.17) is 0 Å². The number of nitrogens with zero attached hydrogens (tertiary/aromatic N) is 2. The summed E-state index contributed by atoms with van der Waals surface area (Å²) >= 11 is 0. The first-order chi connectivity index (χ1) is 9.19. The minimum absolute atomic E-state index is 0.229. The molecule has 0 aliphatic rings. The monoisotopic (exact) mass is 261 g/mol. The van der Waals surface area contributed by atoms with E-state index in [1.807, 2.05) is 19.2 Å². The van der Waals surface area contributed by atoms with Crippen molar-refractivity contribution in [1.82, 2.24) is 15.1 Å². The molecule has 3 nitrogen and oxygen atoms in total. The van der Waals surface area contributed by atoms with E-state index in [2.05, 4.69) is 24.3 Å². The van der Waals surface area contributed by atoms with E-state index in [-0.39, 0.29) is 5.82 Å². The number of aromatic nitrogens is 2. The number of rotatable bonds is 5. The summed E-state index contributed by atoms with van der Waals surface area (Å²) in [5, 5.41) is 7.48. The fraction of sp³-hybridized carbons (Fsp3) is 0.400. The van der Waals surface area contributed by atoms with Gasteiger partial charge in [-0.15, -0.1) is 0 Å². The van der Waals surface area contributed by atoms with Gasteiger partial charge in [0.25, 0.3) is 0 Å². The van der Waals surface area contributed by atoms with Crippen LogP contribution in [-0.4, -0.2) is 16.8 Å². The van der Waals surface area contributed by atoms with Crippen molar-refractivity contribution in [2.24, 2.45) is 0 Å². The van der Waals surface area contributed by atoms with Gasteiger partial charge in [-0.1, -0.05) is 19.9 Å². The van der Waals surface area contributed by atoms with Crippen LogP contribution in [0.5, 0.6) is 0 Å². The Hall–Kier alpha value is -1.68. The lowest BCUT2D eigenvalue weighted by Crippen LogP contribution is -2.08. The first kappa shape index (κ1) is 13.7. The van der Waals surface area contributed by atoms with Crippen LogP contribution in [0.1, 0.15) is 30.8 Å². The van der Waals surface area contributed by atoms with E-state index in [9.17, 15) is 4.39 Å². The van der Waals surface area contributed by atoms with Crippen molar-refractivity contribution < 1.29 is 4.39 Å². The lowest BCUT2D eigenvalue weighted by Gasteiger charge is -2.09. The summed E-state index contributed by atoms with van der Waals surface area (Å²) in [5.74, 6) is -0.229. The normalized spacial score (nSPS) is 10.9. The third-order valence-electron chi connectivity index (χ3n) is 3.18. The number of hydrogen-bond donors (Lipinski definition) is 1. The van der Waals surface area contributed by atoms with Crippen LogP contribution in [0, 0.1) is 5.82 Å². The molecule has 0 radical (unpaired) electrons. The minimum atomic E-state index is -0.229. The average molecular weight is 261 g/mol. The van der Waals surface area contributed by atoms with Gasteiger partial charge in [0, 0.05) is 12.2 Å². The zero-order chi connectivity index (χ0) is 13.8. The fourth-order valence-corrected chi connectivity index (χ4v) is 2.14. The quantitative estimate of drug-likeness (QED) is 0.897. The van der Waals surface area contributed by atoms with Crippen molar-refractivity contribution in [3.05, 3.63) is 47.0 Å². The summed E-state index contributed by atoms with van der Waals surface area (Å²) in [6.45, 7) is 4.77. The Labute approximate surface area is 113 Å². The average Bonchev–Trinajstić information content (AvgIpc) is 2.82. The minimum Gasteiger partial charge on any atom is -0.316 e. The molecule has 0 fully saturated rings. The number of halogens is 1. The molecule has 4 heteroatoms. The molecule has 1 N–H and O–H groups in total. The fourth-order valence-electron chi connectivity index (χ4n) is 2.14. The zero-order valence-corrected chi connectivity index (χ0v) is 11.7. The molecule has 0 atom stereocenters. The summed E-state index contributed by atoms with van der Waals surface area (Å²) in [6.07, 6.45) is 1.70. The van der Waals surface area contributed by atoms with E-state index in [0.29, 0.717) is 12.2 Å². The second kappa shape index (κ2) is 5.97. The van der Waals surface area contributed by atoms with Gasteiger partial charge >= 0.3 is 0 Å². The van der Waals surface area contributed by atoms with Gasteiger partial charge in [0.15, 0.2) is 0 Å². The highest BCUT2D eigenvalue weighted by atomic mass is 19.1. The molecule has 0 saturated heterocycles. The predicted octanol–water partition coefficient (Wildman–Crippen LogP) is 2.86. The Kier molecular flexibility index (Phi) is 4.32. The Morgan fingerprint density at radius 1 is 1.21 bits per heavy atom. The van der Waals surface area contributed by atoms with Gasteiger partial charge in [-0.05, 0) is 43.7 Å². The van der Waals surface area contributed by atoms with Crippen molar-refractivity contribution in [3.8, 4) is 5.69 Å². The van der Waals surface area contributed by atoms with Crippen LogP contribution in [0.3, 0.4) is 0 Å². The van der Waals surface area contributed by atoms with E-state index in [0.717, 1.165) is 29.8 Å². The molecule has 1 heterocycles. The van der Waals surface area contributed by atoms with E-state index < -0.39 is 0 Å². The maximum Gasteiger partial charge on any atom is 0.149 e. The van der Waals surface area contributed by atoms with Crippen molar-refractivity contribution in [1.29, 1.82) is 0 Å². The Bertz CT molecular complexity index is 561. The molecule has 1 aromatic carbocycles. The van der Waals surface area contributed by atoms with Crippen LogP contribution in [0.15, 0.2) is 24.3 Å². The Balaban J connectivity index is 2.43. The summed E-state index contributed by atoms with van der Waals surface area (Å²) in [4.78, 5) is 0.